The molecule has 0 radical (unpaired) electrons. The van der Waals surface area contributed by atoms with Crippen LogP contribution < -0.4 is 5.32 Å². The van der Waals surface area contributed by atoms with Crippen LogP contribution in [0.3, 0.4) is 0 Å². The molecule has 1 atom stereocenters. The van der Waals surface area contributed by atoms with E-state index in [1.165, 1.54) is 28.4 Å². The van der Waals surface area contributed by atoms with Crippen LogP contribution in [0.15, 0.2) is 29.6 Å². The minimum Gasteiger partial charge on any atom is -0.323 e. The van der Waals surface area contributed by atoms with Gasteiger partial charge in [0, 0.05) is 10.9 Å². The van der Waals surface area contributed by atoms with E-state index in [1.807, 2.05) is 5.38 Å². The molecule has 2 aliphatic rings. The summed E-state index contributed by atoms with van der Waals surface area (Å²) in [6.07, 6.45) is 1.95. The number of rotatable bonds is 4. The van der Waals surface area contributed by atoms with Gasteiger partial charge in [-0.3, -0.25) is 9.69 Å². The van der Waals surface area contributed by atoms with E-state index >= 15 is 0 Å². The molecule has 2 heterocycles. The fourth-order valence-corrected chi connectivity index (χ4v) is 3.88. The summed E-state index contributed by atoms with van der Waals surface area (Å²) in [6, 6.07) is 5.74. The van der Waals surface area contributed by atoms with Crippen molar-refractivity contribution in [2.45, 2.75) is 31.8 Å². The lowest BCUT2D eigenvalue weighted by Crippen LogP contribution is -2.46. The van der Waals surface area contributed by atoms with E-state index in [4.69, 9.17) is 0 Å². The van der Waals surface area contributed by atoms with E-state index in [9.17, 15) is 14.0 Å². The summed E-state index contributed by atoms with van der Waals surface area (Å²) in [4.78, 5) is 30.5. The molecule has 2 aromatic rings. The van der Waals surface area contributed by atoms with Gasteiger partial charge in [-0.05, 0) is 49.9 Å². The summed E-state index contributed by atoms with van der Waals surface area (Å²) in [6.45, 7) is 1.96. The van der Waals surface area contributed by atoms with Crippen molar-refractivity contribution in [1.82, 2.24) is 15.2 Å². The van der Waals surface area contributed by atoms with Crippen LogP contribution in [0.2, 0.25) is 0 Å². The number of carbonyl (C=O) groups is 2. The van der Waals surface area contributed by atoms with Crippen LogP contribution in [-0.4, -0.2) is 27.4 Å². The molecule has 1 aliphatic carbocycles. The van der Waals surface area contributed by atoms with E-state index in [2.05, 4.69) is 10.3 Å². The smallest absolute Gasteiger partial charge is 0.323 e. The molecule has 5 nitrogen and oxygen atoms in total. The van der Waals surface area contributed by atoms with E-state index < -0.39 is 5.54 Å². The first-order valence-electron chi connectivity index (χ1n) is 7.82. The predicted octanol–water partition coefficient (Wildman–Crippen LogP) is 3.17. The van der Waals surface area contributed by atoms with Crippen molar-refractivity contribution < 1.29 is 14.0 Å². The second-order valence-electron chi connectivity index (χ2n) is 6.45. The fourth-order valence-electron chi connectivity index (χ4n) is 3.06. The van der Waals surface area contributed by atoms with Crippen LogP contribution in [0.5, 0.6) is 0 Å². The Labute approximate surface area is 142 Å². The maximum Gasteiger partial charge on any atom is 0.325 e. The molecule has 4 rings (SSSR count). The van der Waals surface area contributed by atoms with Gasteiger partial charge in [-0.25, -0.2) is 14.2 Å². The number of carbonyl (C=O) groups excluding carboxylic acids is 2. The minimum atomic E-state index is -0.771. The van der Waals surface area contributed by atoms with Crippen LogP contribution in [0.4, 0.5) is 9.18 Å². The predicted molar refractivity (Wildman–Crippen MR) is 87.7 cm³/mol. The summed E-state index contributed by atoms with van der Waals surface area (Å²) < 4.78 is 13.0. The van der Waals surface area contributed by atoms with E-state index in [0.29, 0.717) is 5.69 Å². The Morgan fingerprint density at radius 2 is 2.04 bits per heavy atom. The van der Waals surface area contributed by atoms with Crippen molar-refractivity contribution in [3.63, 3.8) is 0 Å². The lowest BCUT2D eigenvalue weighted by molar-refractivity contribution is -0.131. The number of imide groups is 1. The van der Waals surface area contributed by atoms with Gasteiger partial charge < -0.3 is 5.32 Å². The summed E-state index contributed by atoms with van der Waals surface area (Å²) >= 11 is 1.41. The molecular formula is C17H16FN3O2S. The lowest BCUT2D eigenvalue weighted by Gasteiger charge is -2.20. The quantitative estimate of drug-likeness (QED) is 0.866. The highest BCUT2D eigenvalue weighted by molar-refractivity contribution is 7.13. The molecule has 1 saturated carbocycles. The average molecular weight is 345 g/mol. The number of hydrogen-bond donors (Lipinski definition) is 1. The third-order valence-corrected chi connectivity index (χ3v) is 5.60. The van der Waals surface area contributed by atoms with Crippen molar-refractivity contribution in [1.29, 1.82) is 0 Å². The van der Waals surface area contributed by atoms with Gasteiger partial charge >= 0.3 is 6.03 Å². The largest absolute Gasteiger partial charge is 0.325 e. The summed E-state index contributed by atoms with van der Waals surface area (Å²) in [5.74, 6) is -0.232. The van der Waals surface area contributed by atoms with Gasteiger partial charge in [-0.1, -0.05) is 0 Å². The minimum absolute atomic E-state index is 0.157. The Morgan fingerprint density at radius 1 is 1.33 bits per heavy atom. The number of urea groups is 1. The second-order valence-corrected chi connectivity index (χ2v) is 7.31. The first-order valence-corrected chi connectivity index (χ1v) is 8.70. The van der Waals surface area contributed by atoms with E-state index in [0.717, 1.165) is 23.4 Å². The third-order valence-electron chi connectivity index (χ3n) is 4.66. The van der Waals surface area contributed by atoms with E-state index in [-0.39, 0.29) is 30.2 Å². The maximum atomic E-state index is 13.0. The van der Waals surface area contributed by atoms with Gasteiger partial charge in [-0.2, -0.15) is 0 Å². The van der Waals surface area contributed by atoms with Crippen LogP contribution >= 0.6 is 11.3 Å². The highest BCUT2D eigenvalue weighted by Crippen LogP contribution is 2.42. The molecule has 1 saturated heterocycles. The highest BCUT2D eigenvalue weighted by atomic mass is 32.1. The molecule has 7 heteroatoms. The normalized spacial score (nSPS) is 23.7. The number of halogens is 1. The molecule has 1 aromatic heterocycles. The van der Waals surface area contributed by atoms with Crippen LogP contribution in [-0.2, 0) is 11.3 Å². The van der Waals surface area contributed by atoms with Crippen LogP contribution in [0.1, 0.15) is 25.5 Å². The van der Waals surface area contributed by atoms with Crippen LogP contribution in [0, 0.1) is 11.7 Å². The Balaban J connectivity index is 1.53. The molecule has 1 unspecified atom stereocenters. The Hall–Kier alpha value is -2.28. The van der Waals surface area contributed by atoms with Gasteiger partial charge in [0.15, 0.2) is 0 Å². The van der Waals surface area contributed by atoms with Crippen molar-refractivity contribution in [3.05, 3.63) is 41.2 Å². The van der Waals surface area contributed by atoms with Gasteiger partial charge in [0.1, 0.15) is 16.4 Å². The first-order chi connectivity index (χ1) is 11.5. The number of nitrogens with one attached hydrogen (secondary N) is 1. The number of amides is 3. The zero-order chi connectivity index (χ0) is 16.9. The van der Waals surface area contributed by atoms with E-state index in [1.54, 1.807) is 19.1 Å². The monoisotopic (exact) mass is 345 g/mol. The standard InChI is InChI=1S/C17H16FN3O2S/c1-17(11-4-5-11)15(22)21(16(23)20-17)8-13-9-24-14(19-13)10-2-6-12(18)7-3-10/h2-3,6-7,9,11H,4-5,8H2,1H3,(H,20,23). The lowest BCUT2D eigenvalue weighted by atomic mass is 9.96. The van der Waals surface area contributed by atoms with Crippen molar-refractivity contribution in [3.8, 4) is 10.6 Å². The first kappa shape index (κ1) is 15.3. The SMILES string of the molecule is CC1(C2CC2)NC(=O)N(Cc2csc(-c3ccc(F)cc3)n2)C1=O. The number of thiazole rings is 1. The topological polar surface area (TPSA) is 62.3 Å². The maximum absolute atomic E-state index is 13.0. The molecule has 1 N–H and O–H groups in total. The number of aromatic nitrogens is 1. The molecule has 0 bridgehead atoms. The molecule has 24 heavy (non-hydrogen) atoms. The molecule has 0 spiro atoms. The fraction of sp³-hybridized carbons (Fsp3) is 0.353. The number of nitrogens with zero attached hydrogens (tertiary/aromatic N) is 2. The molecule has 2 fully saturated rings. The number of hydrogen-bond acceptors (Lipinski definition) is 4. The summed E-state index contributed by atoms with van der Waals surface area (Å²) in [5, 5.41) is 5.39. The molecule has 1 aliphatic heterocycles. The molecule has 3 amide bonds. The number of benzene rings is 1. The second kappa shape index (κ2) is 5.37. The average Bonchev–Trinajstić information content (AvgIpc) is 3.28. The van der Waals surface area contributed by atoms with Gasteiger partial charge in [-0.15, -0.1) is 11.3 Å². The molecule has 124 valence electrons. The van der Waals surface area contributed by atoms with Crippen LogP contribution in [0.25, 0.3) is 10.6 Å². The van der Waals surface area contributed by atoms with Crippen molar-refractivity contribution >= 4 is 23.3 Å². The van der Waals surface area contributed by atoms with Crippen molar-refractivity contribution in [2.75, 3.05) is 0 Å². The Bertz CT molecular complexity index is 815. The third kappa shape index (κ3) is 2.49. The van der Waals surface area contributed by atoms with Gasteiger partial charge in [0.2, 0.25) is 0 Å². The summed E-state index contributed by atoms with van der Waals surface area (Å²) in [5.41, 5.74) is 0.697. The van der Waals surface area contributed by atoms with Crippen molar-refractivity contribution in [2.24, 2.45) is 5.92 Å². The van der Waals surface area contributed by atoms with Gasteiger partial charge in [0.25, 0.3) is 5.91 Å². The molecular weight excluding hydrogens is 329 g/mol. The zero-order valence-corrected chi connectivity index (χ0v) is 13.9. The van der Waals surface area contributed by atoms with Gasteiger partial charge in [0.05, 0.1) is 12.2 Å². The Kier molecular flexibility index (Phi) is 3.42. The zero-order valence-electron chi connectivity index (χ0n) is 13.1. The summed E-state index contributed by atoms with van der Waals surface area (Å²) in [7, 11) is 0. The highest BCUT2D eigenvalue weighted by Gasteiger charge is 2.55. The Morgan fingerprint density at radius 3 is 2.71 bits per heavy atom. The molecule has 1 aromatic carbocycles.